The zero-order valence-corrected chi connectivity index (χ0v) is 7.50. The zero-order chi connectivity index (χ0) is 11.8. The lowest BCUT2D eigenvalue weighted by atomic mass is 10.1. The summed E-state index contributed by atoms with van der Waals surface area (Å²) in [6.07, 6.45) is -4.80. The molecule has 0 aromatic heterocycles. The quantitative estimate of drug-likeness (QED) is 0.585. The molecule has 4 nitrogen and oxygen atoms in total. The number of nitro benzene ring substituents is 1. The van der Waals surface area contributed by atoms with Crippen LogP contribution in [0.2, 0.25) is 0 Å². The van der Waals surface area contributed by atoms with Gasteiger partial charge < -0.3 is 5.11 Å². The minimum absolute atomic E-state index is 0.184. The van der Waals surface area contributed by atoms with Crippen molar-refractivity contribution >= 4 is 5.69 Å². The Labute approximate surface area is 82.1 Å². The molecule has 1 aromatic rings. The van der Waals surface area contributed by atoms with E-state index in [1.54, 1.807) is 0 Å². The van der Waals surface area contributed by atoms with Crippen molar-refractivity contribution in [2.75, 3.05) is 0 Å². The molecule has 0 aliphatic rings. The maximum atomic E-state index is 12.3. The highest BCUT2D eigenvalue weighted by Crippen LogP contribution is 2.39. The molecule has 0 fully saturated rings. The fourth-order valence-corrected chi connectivity index (χ4v) is 1.08. The van der Waals surface area contributed by atoms with E-state index in [4.69, 9.17) is 5.11 Å². The third kappa shape index (κ3) is 2.17. The first-order valence-corrected chi connectivity index (χ1v) is 3.78. The summed E-state index contributed by atoms with van der Waals surface area (Å²) in [5.41, 5.74) is -2.27. The molecule has 1 N–H and O–H groups in total. The van der Waals surface area contributed by atoms with Crippen LogP contribution in [-0.4, -0.2) is 10.0 Å². The largest absolute Gasteiger partial charge is 0.507 e. The van der Waals surface area contributed by atoms with Crippen molar-refractivity contribution in [2.45, 2.75) is 13.1 Å². The molecule has 0 atom stereocenters. The van der Waals surface area contributed by atoms with Crippen LogP contribution in [-0.2, 0) is 6.18 Å². The van der Waals surface area contributed by atoms with E-state index in [9.17, 15) is 23.3 Å². The summed E-state index contributed by atoms with van der Waals surface area (Å²) in [6, 6.07) is 1.19. The van der Waals surface area contributed by atoms with E-state index in [0.717, 1.165) is 13.0 Å². The van der Waals surface area contributed by atoms with E-state index < -0.39 is 28.1 Å². The number of phenols is 1. The van der Waals surface area contributed by atoms with E-state index in [0.29, 0.717) is 6.07 Å². The van der Waals surface area contributed by atoms with E-state index in [1.807, 2.05) is 0 Å². The van der Waals surface area contributed by atoms with Gasteiger partial charge in [0, 0.05) is 12.1 Å². The van der Waals surface area contributed by atoms with E-state index in [2.05, 4.69) is 0 Å². The number of hydrogen-bond donors (Lipinski definition) is 1. The van der Waals surface area contributed by atoms with E-state index in [1.165, 1.54) is 0 Å². The lowest BCUT2D eigenvalue weighted by Crippen LogP contribution is -2.07. The van der Waals surface area contributed by atoms with Gasteiger partial charge in [0.1, 0.15) is 11.3 Å². The molecule has 15 heavy (non-hydrogen) atoms. The predicted octanol–water partition coefficient (Wildman–Crippen LogP) is 2.63. The Morgan fingerprint density at radius 3 is 2.33 bits per heavy atom. The number of phenolic OH excluding ortho intramolecular Hbond substituents is 1. The Bertz CT molecular complexity index is 414. The highest BCUT2D eigenvalue weighted by molar-refractivity contribution is 5.49. The third-order valence-corrected chi connectivity index (χ3v) is 1.80. The first-order valence-electron chi connectivity index (χ1n) is 3.78. The second-order valence-corrected chi connectivity index (χ2v) is 2.91. The molecule has 0 heterocycles. The number of halogens is 3. The molecule has 0 radical (unpaired) electrons. The standard InChI is InChI=1S/C8H6F3NO3/c1-4-2-5(12(14)15)3-6(7(4)13)8(9,10)11/h2-3,13H,1H3. The molecular formula is C8H6F3NO3. The third-order valence-electron chi connectivity index (χ3n) is 1.80. The molecule has 0 unspecified atom stereocenters. The molecule has 7 heteroatoms. The number of hydrogen-bond acceptors (Lipinski definition) is 3. The molecule has 0 bridgehead atoms. The summed E-state index contributed by atoms with van der Waals surface area (Å²) in [5, 5.41) is 19.4. The van der Waals surface area contributed by atoms with Gasteiger partial charge in [0.15, 0.2) is 0 Å². The van der Waals surface area contributed by atoms with Crippen LogP contribution in [0.15, 0.2) is 12.1 Å². The number of aromatic hydroxyl groups is 1. The molecule has 0 amide bonds. The van der Waals surface area contributed by atoms with Gasteiger partial charge in [-0.2, -0.15) is 13.2 Å². The fourth-order valence-electron chi connectivity index (χ4n) is 1.08. The lowest BCUT2D eigenvalue weighted by Gasteiger charge is -2.10. The first kappa shape index (κ1) is 11.3. The predicted molar refractivity (Wildman–Crippen MR) is 44.5 cm³/mol. The van der Waals surface area contributed by atoms with Crippen LogP contribution in [0, 0.1) is 17.0 Å². The van der Waals surface area contributed by atoms with Gasteiger partial charge in [0.2, 0.25) is 0 Å². The van der Waals surface area contributed by atoms with Crippen molar-refractivity contribution in [3.8, 4) is 5.75 Å². The lowest BCUT2D eigenvalue weighted by molar-refractivity contribution is -0.385. The highest BCUT2D eigenvalue weighted by Gasteiger charge is 2.36. The van der Waals surface area contributed by atoms with Crippen LogP contribution in [0.5, 0.6) is 5.75 Å². The molecule has 0 spiro atoms. The Morgan fingerprint density at radius 1 is 1.40 bits per heavy atom. The summed E-state index contributed by atoms with van der Waals surface area (Å²) in [6.45, 7) is 1.16. The minimum atomic E-state index is -4.80. The smallest absolute Gasteiger partial charge is 0.420 e. The van der Waals surface area contributed by atoms with Crippen molar-refractivity contribution in [2.24, 2.45) is 0 Å². The Kier molecular flexibility index (Phi) is 2.57. The minimum Gasteiger partial charge on any atom is -0.507 e. The fraction of sp³-hybridized carbons (Fsp3) is 0.250. The zero-order valence-electron chi connectivity index (χ0n) is 7.50. The van der Waals surface area contributed by atoms with Crippen LogP contribution in [0.4, 0.5) is 18.9 Å². The van der Waals surface area contributed by atoms with Gasteiger partial charge >= 0.3 is 6.18 Å². The number of non-ortho nitro benzene ring substituents is 1. The first-order chi connectivity index (χ1) is 6.73. The van der Waals surface area contributed by atoms with Crippen molar-refractivity contribution in [1.82, 2.24) is 0 Å². The van der Waals surface area contributed by atoms with Gasteiger partial charge in [-0.05, 0) is 12.5 Å². The number of nitrogens with zero attached hydrogens (tertiary/aromatic N) is 1. The van der Waals surface area contributed by atoms with Crippen LogP contribution in [0.3, 0.4) is 0 Å². The molecule has 1 aromatic carbocycles. The van der Waals surface area contributed by atoms with Gasteiger partial charge in [0.25, 0.3) is 5.69 Å². The maximum Gasteiger partial charge on any atom is 0.420 e. The van der Waals surface area contributed by atoms with Crippen LogP contribution < -0.4 is 0 Å². The summed E-state index contributed by atoms with van der Waals surface area (Å²) >= 11 is 0. The Hall–Kier alpha value is -1.79. The SMILES string of the molecule is Cc1cc([N+](=O)[O-])cc(C(F)(F)F)c1O. The Morgan fingerprint density at radius 2 is 1.93 bits per heavy atom. The van der Waals surface area contributed by atoms with Gasteiger partial charge in [-0.3, -0.25) is 10.1 Å². The molecular weight excluding hydrogens is 215 g/mol. The summed E-state index contributed by atoms with van der Waals surface area (Å²) in [4.78, 5) is 9.36. The maximum absolute atomic E-state index is 12.3. The molecule has 0 aliphatic carbocycles. The van der Waals surface area contributed by atoms with Gasteiger partial charge in [-0.1, -0.05) is 0 Å². The van der Waals surface area contributed by atoms with Crippen molar-refractivity contribution < 1.29 is 23.2 Å². The summed E-state index contributed by atoms with van der Waals surface area (Å²) < 4.78 is 36.9. The van der Waals surface area contributed by atoms with Crippen molar-refractivity contribution in [3.05, 3.63) is 33.4 Å². The number of rotatable bonds is 1. The number of aryl methyl sites for hydroxylation is 1. The highest BCUT2D eigenvalue weighted by atomic mass is 19.4. The summed E-state index contributed by atoms with van der Waals surface area (Å²) in [7, 11) is 0. The number of alkyl halides is 3. The monoisotopic (exact) mass is 221 g/mol. The molecule has 1 rings (SSSR count). The van der Waals surface area contributed by atoms with Crippen molar-refractivity contribution in [3.63, 3.8) is 0 Å². The van der Waals surface area contributed by atoms with Crippen LogP contribution >= 0.6 is 0 Å². The second-order valence-electron chi connectivity index (χ2n) is 2.91. The topological polar surface area (TPSA) is 63.4 Å². The van der Waals surface area contributed by atoms with E-state index in [-0.39, 0.29) is 5.56 Å². The molecule has 0 aliphatic heterocycles. The number of benzene rings is 1. The van der Waals surface area contributed by atoms with E-state index >= 15 is 0 Å². The molecule has 0 saturated carbocycles. The Balaban J connectivity index is 3.45. The average molecular weight is 221 g/mol. The van der Waals surface area contributed by atoms with Crippen LogP contribution in [0.25, 0.3) is 0 Å². The second kappa shape index (κ2) is 3.41. The summed E-state index contributed by atoms with van der Waals surface area (Å²) in [5.74, 6) is -0.979. The molecule has 82 valence electrons. The molecule has 0 saturated heterocycles. The van der Waals surface area contributed by atoms with Gasteiger partial charge in [-0.15, -0.1) is 0 Å². The van der Waals surface area contributed by atoms with Crippen molar-refractivity contribution in [1.29, 1.82) is 0 Å². The van der Waals surface area contributed by atoms with Gasteiger partial charge in [-0.25, -0.2) is 0 Å². The van der Waals surface area contributed by atoms with Crippen LogP contribution in [0.1, 0.15) is 11.1 Å². The average Bonchev–Trinajstić information content (AvgIpc) is 2.06. The van der Waals surface area contributed by atoms with Gasteiger partial charge in [0.05, 0.1) is 4.92 Å². The normalized spacial score (nSPS) is 11.5. The number of nitro groups is 1.